The summed E-state index contributed by atoms with van der Waals surface area (Å²) in [6.07, 6.45) is 1.34. The van der Waals surface area contributed by atoms with E-state index in [1.165, 1.54) is 24.3 Å². The third kappa shape index (κ3) is 4.27. The van der Waals surface area contributed by atoms with Gasteiger partial charge in [0.1, 0.15) is 11.6 Å². The summed E-state index contributed by atoms with van der Waals surface area (Å²) in [5.41, 5.74) is 0.635. The molecule has 3 rings (SSSR count). The topological polar surface area (TPSA) is 126 Å². The largest absolute Gasteiger partial charge is 0.381 e. The Morgan fingerprint density at radius 1 is 1.32 bits per heavy atom. The van der Waals surface area contributed by atoms with Crippen LogP contribution in [0.15, 0.2) is 29.2 Å². The highest BCUT2D eigenvalue weighted by molar-refractivity contribution is 7.90. The quantitative estimate of drug-likeness (QED) is 0.778. The molecule has 0 aliphatic carbocycles. The molecule has 0 spiro atoms. The third-order valence-corrected chi connectivity index (χ3v) is 5.92. The van der Waals surface area contributed by atoms with E-state index in [2.05, 4.69) is 10.4 Å². The van der Waals surface area contributed by atoms with Crippen molar-refractivity contribution in [2.45, 2.75) is 30.7 Å². The van der Waals surface area contributed by atoms with Crippen LogP contribution in [0.2, 0.25) is 5.02 Å². The number of nitrogens with one attached hydrogen (secondary N) is 2. The van der Waals surface area contributed by atoms with Gasteiger partial charge in [0.2, 0.25) is 0 Å². The number of sulfonamides is 1. The number of amides is 2. The van der Waals surface area contributed by atoms with E-state index in [0.717, 1.165) is 0 Å². The summed E-state index contributed by atoms with van der Waals surface area (Å²) in [5, 5.41) is 16.6. The summed E-state index contributed by atoms with van der Waals surface area (Å²) in [6.45, 7) is 2.74. The molecule has 0 radical (unpaired) electrons. The Labute approximate surface area is 167 Å². The second-order valence-electron chi connectivity index (χ2n) is 6.22. The zero-order chi connectivity index (χ0) is 20.3. The van der Waals surface area contributed by atoms with E-state index in [-0.39, 0.29) is 22.3 Å². The predicted octanol–water partition coefficient (Wildman–Crippen LogP) is 2.58. The van der Waals surface area contributed by atoms with Crippen molar-refractivity contribution in [2.24, 2.45) is 0 Å². The van der Waals surface area contributed by atoms with Crippen LogP contribution in [0, 0.1) is 18.3 Å². The Morgan fingerprint density at radius 3 is 2.57 bits per heavy atom. The normalized spacial score (nSPS) is 15.0. The molecule has 1 aliphatic heterocycles. The molecule has 11 heteroatoms. The van der Waals surface area contributed by atoms with Gasteiger partial charge in [-0.1, -0.05) is 11.6 Å². The molecule has 1 aromatic carbocycles. The molecule has 0 saturated carbocycles. The van der Waals surface area contributed by atoms with Crippen LogP contribution in [0.1, 0.15) is 30.1 Å². The molecule has 1 saturated heterocycles. The van der Waals surface area contributed by atoms with Crippen molar-refractivity contribution in [2.75, 3.05) is 18.5 Å². The van der Waals surface area contributed by atoms with Gasteiger partial charge in [0.05, 0.1) is 16.6 Å². The number of ether oxygens (including phenoxy) is 1. The number of rotatable bonds is 4. The summed E-state index contributed by atoms with van der Waals surface area (Å²) in [7, 11) is -4.10. The molecule has 0 unspecified atom stereocenters. The van der Waals surface area contributed by atoms with Gasteiger partial charge in [0, 0.05) is 18.2 Å². The maximum Gasteiger partial charge on any atom is 0.334 e. The number of aromatic nitrogens is 2. The molecule has 2 N–H and O–H groups in total. The van der Waals surface area contributed by atoms with Gasteiger partial charge in [-0.3, -0.25) is 5.32 Å². The molecule has 2 amide bonds. The molecule has 0 bridgehead atoms. The highest BCUT2D eigenvalue weighted by atomic mass is 35.5. The Hall–Kier alpha value is -2.61. The van der Waals surface area contributed by atoms with E-state index in [9.17, 15) is 18.5 Å². The number of carbonyl (C=O) groups is 1. The van der Waals surface area contributed by atoms with Gasteiger partial charge in [-0.2, -0.15) is 10.4 Å². The van der Waals surface area contributed by atoms with E-state index < -0.39 is 16.1 Å². The van der Waals surface area contributed by atoms with Gasteiger partial charge >= 0.3 is 6.03 Å². The summed E-state index contributed by atoms with van der Waals surface area (Å²) in [5.74, 6) is 0.163. The number of hydrogen-bond donors (Lipinski definition) is 2. The number of hydrogen-bond acceptors (Lipinski definition) is 6. The second-order valence-corrected chi connectivity index (χ2v) is 8.34. The summed E-state index contributed by atoms with van der Waals surface area (Å²) in [4.78, 5) is 12.3. The molecule has 2 heterocycles. The van der Waals surface area contributed by atoms with Crippen LogP contribution in [0.3, 0.4) is 0 Å². The van der Waals surface area contributed by atoms with Crippen LogP contribution in [-0.4, -0.2) is 37.4 Å². The number of nitrogens with zero attached hydrogens (tertiary/aromatic N) is 3. The lowest BCUT2D eigenvalue weighted by molar-refractivity contribution is 0.0668. The van der Waals surface area contributed by atoms with Crippen LogP contribution in [0.4, 0.5) is 10.6 Å². The van der Waals surface area contributed by atoms with Crippen LogP contribution in [0.25, 0.3) is 0 Å². The first kappa shape index (κ1) is 20.1. The van der Waals surface area contributed by atoms with E-state index >= 15 is 0 Å². The SMILES string of the molecule is Cc1nn(C2CCOCC2)c(NC(=O)NS(=O)(=O)c2ccc(Cl)cc2)c1C#N. The highest BCUT2D eigenvalue weighted by Gasteiger charge is 2.26. The van der Waals surface area contributed by atoms with Crippen LogP contribution >= 0.6 is 11.6 Å². The minimum Gasteiger partial charge on any atom is -0.381 e. The number of halogens is 1. The highest BCUT2D eigenvalue weighted by Crippen LogP contribution is 2.28. The van der Waals surface area contributed by atoms with E-state index in [0.29, 0.717) is 36.8 Å². The molecule has 2 aromatic rings. The Balaban J connectivity index is 1.83. The second kappa shape index (κ2) is 8.18. The van der Waals surface area contributed by atoms with Crippen molar-refractivity contribution in [3.63, 3.8) is 0 Å². The van der Waals surface area contributed by atoms with Crippen molar-refractivity contribution in [3.8, 4) is 6.07 Å². The summed E-state index contributed by atoms with van der Waals surface area (Å²) >= 11 is 5.76. The van der Waals surface area contributed by atoms with Crippen molar-refractivity contribution in [3.05, 3.63) is 40.5 Å². The number of benzene rings is 1. The Bertz CT molecular complexity index is 1020. The first-order valence-electron chi connectivity index (χ1n) is 8.48. The minimum atomic E-state index is -4.10. The van der Waals surface area contributed by atoms with Crippen LogP contribution < -0.4 is 10.0 Å². The average Bonchev–Trinajstić information content (AvgIpc) is 2.97. The first-order valence-corrected chi connectivity index (χ1v) is 10.3. The monoisotopic (exact) mass is 423 g/mol. The molecule has 9 nitrogen and oxygen atoms in total. The molecule has 1 aromatic heterocycles. The van der Waals surface area contributed by atoms with Gasteiger partial charge in [-0.25, -0.2) is 22.6 Å². The number of nitriles is 1. The molecular formula is C17H18ClN5O4S. The summed E-state index contributed by atoms with van der Waals surface area (Å²) in [6, 6.07) is 6.35. The minimum absolute atomic E-state index is 0.0577. The van der Waals surface area contributed by atoms with Gasteiger partial charge in [0.15, 0.2) is 5.82 Å². The van der Waals surface area contributed by atoms with Gasteiger partial charge in [0.25, 0.3) is 10.0 Å². The molecule has 1 aliphatic rings. The van der Waals surface area contributed by atoms with Crippen molar-refractivity contribution < 1.29 is 17.9 Å². The average molecular weight is 424 g/mol. The molecule has 28 heavy (non-hydrogen) atoms. The standard InChI is InChI=1S/C17H18ClN5O4S/c1-11-15(10-19)16(23(21-11)13-6-8-27-9-7-13)20-17(24)22-28(25,26)14-4-2-12(18)3-5-14/h2-5,13H,6-9H2,1H3,(H2,20,22,24). The lowest BCUT2D eigenvalue weighted by Gasteiger charge is -2.24. The third-order valence-electron chi connectivity index (χ3n) is 4.32. The Kier molecular flexibility index (Phi) is 5.88. The zero-order valence-electron chi connectivity index (χ0n) is 15.0. The van der Waals surface area contributed by atoms with Gasteiger partial charge in [-0.05, 0) is 44.0 Å². The van der Waals surface area contributed by atoms with Gasteiger partial charge < -0.3 is 4.74 Å². The lowest BCUT2D eigenvalue weighted by atomic mass is 10.1. The smallest absolute Gasteiger partial charge is 0.334 e. The van der Waals surface area contributed by atoms with Crippen LogP contribution in [-0.2, 0) is 14.8 Å². The maximum absolute atomic E-state index is 12.4. The summed E-state index contributed by atoms with van der Waals surface area (Å²) < 4.78 is 33.6. The fourth-order valence-electron chi connectivity index (χ4n) is 2.92. The van der Waals surface area contributed by atoms with Crippen molar-refractivity contribution >= 4 is 33.5 Å². The molecule has 148 valence electrons. The van der Waals surface area contributed by atoms with Crippen molar-refractivity contribution in [1.82, 2.24) is 14.5 Å². The predicted molar refractivity (Wildman–Crippen MR) is 102 cm³/mol. The zero-order valence-corrected chi connectivity index (χ0v) is 16.5. The number of carbonyl (C=O) groups excluding carboxylic acids is 1. The Morgan fingerprint density at radius 2 is 1.96 bits per heavy atom. The lowest BCUT2D eigenvalue weighted by Crippen LogP contribution is -2.35. The molecule has 0 atom stereocenters. The number of anilines is 1. The van der Waals surface area contributed by atoms with Crippen LogP contribution in [0.5, 0.6) is 0 Å². The molecule has 1 fully saturated rings. The van der Waals surface area contributed by atoms with Gasteiger partial charge in [-0.15, -0.1) is 0 Å². The fraction of sp³-hybridized carbons (Fsp3) is 0.353. The first-order chi connectivity index (χ1) is 13.3. The fourth-order valence-corrected chi connectivity index (χ4v) is 3.96. The van der Waals surface area contributed by atoms with Crippen molar-refractivity contribution in [1.29, 1.82) is 5.26 Å². The number of aryl methyl sites for hydroxylation is 1. The van der Waals surface area contributed by atoms with E-state index in [4.69, 9.17) is 16.3 Å². The van der Waals surface area contributed by atoms with E-state index in [1.54, 1.807) is 11.6 Å². The van der Waals surface area contributed by atoms with E-state index in [1.807, 2.05) is 10.8 Å². The number of urea groups is 1. The molecular weight excluding hydrogens is 406 g/mol. The maximum atomic E-state index is 12.4.